The van der Waals surface area contributed by atoms with E-state index in [0.717, 1.165) is 43.0 Å². The van der Waals surface area contributed by atoms with Crippen LogP contribution in [0, 0.1) is 0 Å². The number of fused-ring (bicyclic) bond motifs is 1. The molecule has 1 aliphatic rings. The Morgan fingerprint density at radius 3 is 2.62 bits per heavy atom. The number of halogens is 2. The first-order chi connectivity index (χ1) is 15.5. The van der Waals surface area contributed by atoms with Gasteiger partial charge in [0, 0.05) is 47.8 Å². The molecule has 1 aliphatic heterocycles. The van der Waals surface area contributed by atoms with Crippen LogP contribution in [0.4, 0.5) is 5.69 Å². The number of hydrogen-bond donors (Lipinski definition) is 2. The summed E-state index contributed by atoms with van der Waals surface area (Å²) in [4.78, 5) is 24.5. The molecule has 2 aromatic carbocycles. The summed E-state index contributed by atoms with van der Waals surface area (Å²) in [6.07, 6.45) is 4.39. The third-order valence-corrected chi connectivity index (χ3v) is 5.93. The number of carbonyl (C=O) groups excluding carboxylic acids is 2. The van der Waals surface area contributed by atoms with Gasteiger partial charge in [-0.3, -0.25) is 9.59 Å². The van der Waals surface area contributed by atoms with Crippen LogP contribution in [0.2, 0.25) is 10.0 Å². The van der Waals surface area contributed by atoms with Crippen LogP contribution in [0.5, 0.6) is 0 Å². The minimum Gasteiger partial charge on any atom is -0.352 e. The largest absolute Gasteiger partial charge is 0.352 e. The molecular formula is C23H23Cl2N5O2. The Labute approximate surface area is 196 Å². The fourth-order valence-electron chi connectivity index (χ4n) is 3.68. The highest BCUT2D eigenvalue weighted by Crippen LogP contribution is 2.31. The average molecular weight is 472 g/mol. The number of rotatable bonds is 6. The zero-order valence-electron chi connectivity index (χ0n) is 17.4. The van der Waals surface area contributed by atoms with Gasteiger partial charge in [-0.1, -0.05) is 29.6 Å². The molecule has 0 spiro atoms. The Balaban J connectivity index is 1.38. The number of nitrogens with zero attached hydrogens (tertiary/aromatic N) is 3. The van der Waals surface area contributed by atoms with Crippen LogP contribution in [-0.4, -0.2) is 33.1 Å². The van der Waals surface area contributed by atoms with Gasteiger partial charge >= 0.3 is 0 Å². The van der Waals surface area contributed by atoms with E-state index in [-0.39, 0.29) is 24.8 Å². The molecule has 0 atom stereocenters. The first-order valence-electron chi connectivity index (χ1n) is 10.6. The highest BCUT2D eigenvalue weighted by atomic mass is 35.5. The van der Waals surface area contributed by atoms with Crippen LogP contribution in [0.1, 0.15) is 41.9 Å². The van der Waals surface area contributed by atoms with Gasteiger partial charge in [0.2, 0.25) is 5.91 Å². The Hall–Kier alpha value is -2.90. The molecule has 3 aromatic rings. The lowest BCUT2D eigenvalue weighted by molar-refractivity contribution is -0.116. The molecule has 2 N–H and O–H groups in total. The number of nitrogens with one attached hydrogen (secondary N) is 2. The van der Waals surface area contributed by atoms with E-state index in [2.05, 4.69) is 25.4 Å². The van der Waals surface area contributed by atoms with Crippen LogP contribution < -0.4 is 10.6 Å². The molecule has 0 unspecified atom stereocenters. The molecule has 9 heteroatoms. The van der Waals surface area contributed by atoms with E-state index in [0.29, 0.717) is 21.3 Å². The van der Waals surface area contributed by atoms with Crippen molar-refractivity contribution in [1.82, 2.24) is 20.1 Å². The Kier molecular flexibility index (Phi) is 7.07. The van der Waals surface area contributed by atoms with Gasteiger partial charge in [0.05, 0.1) is 5.02 Å². The molecule has 0 aliphatic carbocycles. The van der Waals surface area contributed by atoms with Crippen molar-refractivity contribution in [1.29, 1.82) is 0 Å². The quantitative estimate of drug-likeness (QED) is 0.543. The van der Waals surface area contributed by atoms with Crippen LogP contribution >= 0.6 is 23.2 Å². The first kappa shape index (κ1) is 22.3. The van der Waals surface area contributed by atoms with Crippen molar-refractivity contribution in [3.63, 3.8) is 0 Å². The molecule has 2 heterocycles. The average Bonchev–Trinajstić information content (AvgIpc) is 3.03. The summed E-state index contributed by atoms with van der Waals surface area (Å²) in [5, 5.41) is 15.4. The van der Waals surface area contributed by atoms with E-state index in [4.69, 9.17) is 23.2 Å². The molecule has 166 valence electrons. The molecule has 0 radical (unpaired) electrons. The highest BCUT2D eigenvalue weighted by molar-refractivity contribution is 6.33. The maximum atomic E-state index is 12.4. The molecule has 0 saturated heterocycles. The van der Waals surface area contributed by atoms with Gasteiger partial charge in [0.1, 0.15) is 5.82 Å². The monoisotopic (exact) mass is 471 g/mol. The van der Waals surface area contributed by atoms with E-state index in [1.54, 1.807) is 36.4 Å². The van der Waals surface area contributed by atoms with Crippen LogP contribution in [0.25, 0.3) is 11.4 Å². The number of carbonyl (C=O) groups is 2. The van der Waals surface area contributed by atoms with E-state index in [9.17, 15) is 9.59 Å². The van der Waals surface area contributed by atoms with E-state index in [1.165, 1.54) is 6.42 Å². The Bertz CT molecular complexity index is 1130. The predicted molar refractivity (Wildman–Crippen MR) is 125 cm³/mol. The molecule has 0 saturated carbocycles. The van der Waals surface area contributed by atoms with E-state index < -0.39 is 0 Å². The first-order valence-corrected chi connectivity index (χ1v) is 11.3. The molecule has 0 fully saturated rings. The minimum atomic E-state index is -0.254. The van der Waals surface area contributed by atoms with Gasteiger partial charge in [-0.2, -0.15) is 0 Å². The Morgan fingerprint density at radius 2 is 1.81 bits per heavy atom. The molecule has 2 amide bonds. The van der Waals surface area contributed by atoms with Crippen molar-refractivity contribution in [3.05, 3.63) is 63.9 Å². The van der Waals surface area contributed by atoms with Crippen molar-refractivity contribution < 1.29 is 9.59 Å². The number of anilines is 1. The summed E-state index contributed by atoms with van der Waals surface area (Å²) in [6, 6.07) is 11.9. The molecular weight excluding hydrogens is 449 g/mol. The molecule has 1 aromatic heterocycles. The van der Waals surface area contributed by atoms with Gasteiger partial charge in [0.15, 0.2) is 5.82 Å². The van der Waals surface area contributed by atoms with Crippen LogP contribution in [0.3, 0.4) is 0 Å². The van der Waals surface area contributed by atoms with Gasteiger partial charge < -0.3 is 15.2 Å². The zero-order chi connectivity index (χ0) is 22.5. The van der Waals surface area contributed by atoms with Gasteiger partial charge in [-0.05, 0) is 55.3 Å². The number of aryl methyl sites for hydroxylation is 1. The van der Waals surface area contributed by atoms with Crippen molar-refractivity contribution >= 4 is 40.7 Å². The van der Waals surface area contributed by atoms with E-state index >= 15 is 0 Å². The standard InChI is InChI=1S/C23H23Cl2N5O2/c24-16-7-5-15(6-8-16)23(32)26-12-11-21(31)27-17-9-10-19(25)18(14-17)22-29-28-20-4-2-1-3-13-30(20)22/h5-10,14H,1-4,11-13H2,(H,26,32)(H,27,31). The summed E-state index contributed by atoms with van der Waals surface area (Å²) >= 11 is 12.3. The highest BCUT2D eigenvalue weighted by Gasteiger charge is 2.18. The van der Waals surface area contributed by atoms with E-state index in [1.807, 2.05) is 6.07 Å². The van der Waals surface area contributed by atoms with Crippen molar-refractivity contribution in [2.45, 2.75) is 38.6 Å². The lowest BCUT2D eigenvalue weighted by Gasteiger charge is -2.11. The van der Waals surface area contributed by atoms with Crippen molar-refractivity contribution in [2.75, 3.05) is 11.9 Å². The maximum Gasteiger partial charge on any atom is 0.251 e. The summed E-state index contributed by atoms with van der Waals surface area (Å²) in [5.41, 5.74) is 1.84. The lowest BCUT2D eigenvalue weighted by Crippen LogP contribution is -2.27. The second-order valence-corrected chi connectivity index (χ2v) is 8.50. The fourth-order valence-corrected chi connectivity index (χ4v) is 4.00. The number of benzene rings is 2. The normalized spacial score (nSPS) is 13.2. The van der Waals surface area contributed by atoms with Crippen LogP contribution in [0.15, 0.2) is 42.5 Å². The number of hydrogen-bond acceptors (Lipinski definition) is 4. The fraction of sp³-hybridized carbons (Fsp3) is 0.304. The molecule has 4 rings (SSSR count). The van der Waals surface area contributed by atoms with Gasteiger partial charge in [-0.25, -0.2) is 0 Å². The SMILES string of the molecule is O=C(CCNC(=O)c1ccc(Cl)cc1)Nc1ccc(Cl)c(-c2nnc3n2CCCCC3)c1. The predicted octanol–water partition coefficient (Wildman–Crippen LogP) is 4.74. The molecule has 0 bridgehead atoms. The summed E-state index contributed by atoms with van der Waals surface area (Å²) < 4.78 is 2.12. The number of aromatic nitrogens is 3. The van der Waals surface area contributed by atoms with Crippen molar-refractivity contribution in [2.24, 2.45) is 0 Å². The summed E-state index contributed by atoms with van der Waals surface area (Å²) in [6.45, 7) is 1.07. The van der Waals surface area contributed by atoms with Crippen molar-refractivity contribution in [3.8, 4) is 11.4 Å². The third kappa shape index (κ3) is 5.29. The number of amides is 2. The molecule has 32 heavy (non-hydrogen) atoms. The van der Waals surface area contributed by atoms with Crippen LogP contribution in [-0.2, 0) is 17.8 Å². The zero-order valence-corrected chi connectivity index (χ0v) is 18.9. The second-order valence-electron chi connectivity index (χ2n) is 7.66. The Morgan fingerprint density at radius 1 is 1.00 bits per heavy atom. The lowest BCUT2D eigenvalue weighted by atomic mass is 10.1. The molecule has 7 nitrogen and oxygen atoms in total. The minimum absolute atomic E-state index is 0.137. The summed E-state index contributed by atoms with van der Waals surface area (Å²) in [7, 11) is 0. The van der Waals surface area contributed by atoms with Gasteiger partial charge in [0.25, 0.3) is 5.91 Å². The maximum absolute atomic E-state index is 12.4. The third-order valence-electron chi connectivity index (χ3n) is 5.34. The van der Waals surface area contributed by atoms with Gasteiger partial charge in [-0.15, -0.1) is 10.2 Å². The smallest absolute Gasteiger partial charge is 0.251 e. The summed E-state index contributed by atoms with van der Waals surface area (Å²) in [5.74, 6) is 1.23. The topological polar surface area (TPSA) is 88.9 Å². The second kappa shape index (κ2) is 10.1.